The normalized spacial score (nSPS) is 57.5. The molecule has 6 atom stereocenters. The van der Waals surface area contributed by atoms with Crippen molar-refractivity contribution in [3.8, 4) is 12.1 Å². The summed E-state index contributed by atoms with van der Waals surface area (Å²) in [6.07, 6.45) is 4.30. The lowest BCUT2D eigenvalue weighted by Gasteiger charge is -1.95. The van der Waals surface area contributed by atoms with Gasteiger partial charge in [0.15, 0.2) is 0 Å². The minimum absolute atomic E-state index is 0.231. The largest absolute Gasteiger partial charge is 0.198 e. The Balaban J connectivity index is 1.89. The highest BCUT2D eigenvalue weighted by Gasteiger charge is 2.67. The van der Waals surface area contributed by atoms with Crippen molar-refractivity contribution in [2.24, 2.45) is 35.5 Å². The van der Waals surface area contributed by atoms with E-state index in [9.17, 15) is 0 Å². The first-order valence-corrected chi connectivity index (χ1v) is 4.36. The van der Waals surface area contributed by atoms with E-state index in [-0.39, 0.29) is 11.8 Å². The molecule has 12 heavy (non-hydrogen) atoms. The molecule has 0 aromatic carbocycles. The standard InChI is InChI=1S/C10H8N2/c11-3-7-5-1-2-6-8(4-12)10(6)9(5)7/h1-2,5-10H/t5-,6+,7-,8+,9-,10+. The van der Waals surface area contributed by atoms with Crippen LogP contribution in [-0.2, 0) is 0 Å². The van der Waals surface area contributed by atoms with E-state index in [1.807, 2.05) is 0 Å². The quantitative estimate of drug-likeness (QED) is 0.497. The third kappa shape index (κ3) is 0.517. The fourth-order valence-corrected chi connectivity index (χ4v) is 2.81. The van der Waals surface area contributed by atoms with Crippen LogP contribution in [0, 0.1) is 58.2 Å². The van der Waals surface area contributed by atoms with Gasteiger partial charge in [-0.3, -0.25) is 0 Å². The third-order valence-electron chi connectivity index (χ3n) is 3.56. The van der Waals surface area contributed by atoms with E-state index in [2.05, 4.69) is 24.3 Å². The van der Waals surface area contributed by atoms with Gasteiger partial charge in [-0.2, -0.15) is 10.5 Å². The van der Waals surface area contributed by atoms with E-state index in [4.69, 9.17) is 10.5 Å². The topological polar surface area (TPSA) is 47.6 Å². The van der Waals surface area contributed by atoms with Crippen molar-refractivity contribution in [1.82, 2.24) is 0 Å². The molecule has 0 unspecified atom stereocenters. The molecule has 0 amide bonds. The van der Waals surface area contributed by atoms with E-state index in [1.54, 1.807) is 0 Å². The fraction of sp³-hybridized carbons (Fsp3) is 0.600. The molecule has 0 aromatic rings. The average Bonchev–Trinajstić information content (AvgIpc) is 2.97. The van der Waals surface area contributed by atoms with Crippen molar-refractivity contribution < 1.29 is 0 Å². The van der Waals surface area contributed by atoms with Crippen LogP contribution in [0.2, 0.25) is 0 Å². The zero-order valence-electron chi connectivity index (χ0n) is 6.51. The van der Waals surface area contributed by atoms with Crippen LogP contribution in [0.25, 0.3) is 0 Å². The van der Waals surface area contributed by atoms with E-state index in [1.165, 1.54) is 0 Å². The number of rotatable bonds is 0. The summed E-state index contributed by atoms with van der Waals surface area (Å²) in [7, 11) is 0. The Bertz CT molecular complexity index is 310. The highest BCUT2D eigenvalue weighted by atomic mass is 14.7. The molecule has 0 bridgehead atoms. The molecule has 3 aliphatic carbocycles. The summed E-state index contributed by atoms with van der Waals surface area (Å²) < 4.78 is 0. The zero-order valence-corrected chi connectivity index (χ0v) is 6.51. The molecule has 3 rings (SSSR count). The lowest BCUT2D eigenvalue weighted by molar-refractivity contribution is 0.608. The number of hydrogen-bond donors (Lipinski definition) is 0. The van der Waals surface area contributed by atoms with Crippen molar-refractivity contribution >= 4 is 0 Å². The van der Waals surface area contributed by atoms with Gasteiger partial charge in [0.25, 0.3) is 0 Å². The molecular formula is C10H8N2. The molecule has 0 heterocycles. The molecule has 2 saturated carbocycles. The van der Waals surface area contributed by atoms with E-state index >= 15 is 0 Å². The minimum atomic E-state index is 0.231. The first kappa shape index (κ1) is 6.26. The van der Waals surface area contributed by atoms with Gasteiger partial charge in [0.2, 0.25) is 0 Å². The molecule has 0 saturated heterocycles. The van der Waals surface area contributed by atoms with Gasteiger partial charge in [0.05, 0.1) is 24.0 Å². The second-order valence-corrected chi connectivity index (χ2v) is 4.00. The average molecular weight is 156 g/mol. The van der Waals surface area contributed by atoms with Gasteiger partial charge < -0.3 is 0 Å². The van der Waals surface area contributed by atoms with Crippen LogP contribution in [0.3, 0.4) is 0 Å². The molecule has 0 aromatic heterocycles. The maximum Gasteiger partial charge on any atom is 0.0665 e. The minimum Gasteiger partial charge on any atom is -0.198 e. The van der Waals surface area contributed by atoms with Crippen LogP contribution < -0.4 is 0 Å². The molecular weight excluding hydrogens is 148 g/mol. The van der Waals surface area contributed by atoms with Gasteiger partial charge in [0, 0.05) is 0 Å². The SMILES string of the molecule is N#C[C@@H]1[C@H]2C=C[C@H]3[C@H](C#N)[C@H]3[C@@H]12. The second kappa shape index (κ2) is 1.72. The predicted molar refractivity (Wildman–Crippen MR) is 41.3 cm³/mol. The zero-order chi connectivity index (χ0) is 8.29. The van der Waals surface area contributed by atoms with Crippen molar-refractivity contribution in [2.45, 2.75) is 0 Å². The van der Waals surface area contributed by atoms with Gasteiger partial charge >= 0.3 is 0 Å². The number of hydrogen-bond acceptors (Lipinski definition) is 2. The summed E-state index contributed by atoms with van der Waals surface area (Å²) in [5.41, 5.74) is 0. The third-order valence-corrected chi connectivity index (χ3v) is 3.56. The molecule has 0 spiro atoms. The first-order valence-electron chi connectivity index (χ1n) is 4.36. The molecule has 0 radical (unpaired) electrons. The number of nitrogens with zero attached hydrogens (tertiary/aromatic N) is 2. The van der Waals surface area contributed by atoms with Crippen LogP contribution in [0.1, 0.15) is 0 Å². The summed E-state index contributed by atoms with van der Waals surface area (Å²) in [5, 5.41) is 17.5. The molecule has 2 heteroatoms. The molecule has 58 valence electrons. The van der Waals surface area contributed by atoms with Crippen molar-refractivity contribution in [3.63, 3.8) is 0 Å². The monoisotopic (exact) mass is 156 g/mol. The second-order valence-electron chi connectivity index (χ2n) is 4.00. The maximum absolute atomic E-state index is 8.77. The van der Waals surface area contributed by atoms with Gasteiger partial charge in [-0.05, 0) is 23.7 Å². The maximum atomic E-state index is 8.77. The Kier molecular flexibility index (Phi) is 0.898. The summed E-state index contributed by atoms with van der Waals surface area (Å²) in [5.74, 6) is 2.53. The predicted octanol–water partition coefficient (Wildman–Crippen LogP) is 1.33. The van der Waals surface area contributed by atoms with E-state index < -0.39 is 0 Å². The lowest BCUT2D eigenvalue weighted by Crippen LogP contribution is -1.90. The van der Waals surface area contributed by atoms with Gasteiger partial charge in [-0.15, -0.1) is 0 Å². The van der Waals surface area contributed by atoms with Gasteiger partial charge in [-0.1, -0.05) is 12.2 Å². The van der Waals surface area contributed by atoms with Gasteiger partial charge in [0.1, 0.15) is 0 Å². The Hall–Kier alpha value is -1.28. The Labute approximate surface area is 71.1 Å². The summed E-state index contributed by atoms with van der Waals surface area (Å²) in [6.45, 7) is 0. The summed E-state index contributed by atoms with van der Waals surface area (Å²) >= 11 is 0. The summed E-state index contributed by atoms with van der Waals surface area (Å²) in [6, 6.07) is 4.64. The first-order chi connectivity index (χ1) is 5.88. The van der Waals surface area contributed by atoms with Gasteiger partial charge in [-0.25, -0.2) is 0 Å². The fourth-order valence-electron chi connectivity index (χ4n) is 2.81. The highest BCUT2D eigenvalue weighted by molar-refractivity contribution is 5.33. The number of allylic oxidation sites excluding steroid dienone is 2. The molecule has 0 N–H and O–H groups in total. The van der Waals surface area contributed by atoms with Crippen molar-refractivity contribution in [3.05, 3.63) is 12.2 Å². The number of fused-ring (bicyclic) bond motifs is 3. The Morgan fingerprint density at radius 2 is 1.25 bits per heavy atom. The van der Waals surface area contributed by atoms with E-state index in [0.29, 0.717) is 23.7 Å². The Morgan fingerprint density at radius 3 is 1.58 bits per heavy atom. The van der Waals surface area contributed by atoms with Crippen LogP contribution in [0.15, 0.2) is 12.2 Å². The van der Waals surface area contributed by atoms with Crippen LogP contribution in [-0.4, -0.2) is 0 Å². The van der Waals surface area contributed by atoms with Crippen molar-refractivity contribution in [2.75, 3.05) is 0 Å². The van der Waals surface area contributed by atoms with E-state index in [0.717, 1.165) is 0 Å². The van der Waals surface area contributed by atoms with Crippen molar-refractivity contribution in [1.29, 1.82) is 10.5 Å². The van der Waals surface area contributed by atoms with Crippen LogP contribution in [0.4, 0.5) is 0 Å². The lowest BCUT2D eigenvalue weighted by atomic mass is 10.1. The van der Waals surface area contributed by atoms with Crippen LogP contribution >= 0.6 is 0 Å². The smallest absolute Gasteiger partial charge is 0.0665 e. The molecule has 2 nitrogen and oxygen atoms in total. The number of nitriles is 2. The molecule has 3 aliphatic rings. The summed E-state index contributed by atoms with van der Waals surface area (Å²) in [4.78, 5) is 0. The van der Waals surface area contributed by atoms with Crippen LogP contribution in [0.5, 0.6) is 0 Å². The Morgan fingerprint density at radius 1 is 0.833 bits per heavy atom. The highest BCUT2D eigenvalue weighted by Crippen LogP contribution is 2.68. The molecule has 2 fully saturated rings. The molecule has 0 aliphatic heterocycles.